The first-order valence-electron chi connectivity index (χ1n) is 7.18. The average molecular weight is 322 g/mol. The highest BCUT2D eigenvalue weighted by molar-refractivity contribution is 5.93. The molecule has 3 aromatic rings. The van der Waals surface area contributed by atoms with Gasteiger partial charge in [0.05, 0.1) is 11.1 Å². The van der Waals surface area contributed by atoms with Gasteiger partial charge in [-0.05, 0) is 18.2 Å². The normalized spacial score (nSPS) is 8.67. The Balaban J connectivity index is 0.000000200. The van der Waals surface area contributed by atoms with Gasteiger partial charge in [-0.2, -0.15) is 0 Å². The van der Waals surface area contributed by atoms with E-state index in [2.05, 4.69) is 0 Å². The van der Waals surface area contributed by atoms with Gasteiger partial charge in [-0.1, -0.05) is 78.9 Å². The van der Waals surface area contributed by atoms with Crippen molar-refractivity contribution in [3.05, 3.63) is 108 Å². The zero-order valence-corrected chi connectivity index (χ0v) is 12.9. The first-order valence-corrected chi connectivity index (χ1v) is 7.18. The minimum absolute atomic E-state index is 0.0186. The molecule has 4 heteroatoms. The van der Waals surface area contributed by atoms with Crippen LogP contribution in [-0.2, 0) is 0 Å². The predicted octanol–water partition coefficient (Wildman–Crippen LogP) is 4.46. The zero-order valence-electron chi connectivity index (χ0n) is 12.9. The second-order valence-corrected chi connectivity index (χ2v) is 4.50. The van der Waals surface area contributed by atoms with Crippen LogP contribution in [0.5, 0.6) is 0 Å². The van der Waals surface area contributed by atoms with Gasteiger partial charge in [-0.3, -0.25) is 0 Å². The van der Waals surface area contributed by atoms with E-state index < -0.39 is 11.9 Å². The first-order chi connectivity index (χ1) is 11.6. The summed E-state index contributed by atoms with van der Waals surface area (Å²) in [4.78, 5) is 20.8. The van der Waals surface area contributed by atoms with Crippen molar-refractivity contribution in [3.8, 4) is 0 Å². The molecule has 0 heterocycles. The van der Waals surface area contributed by atoms with Crippen LogP contribution < -0.4 is 0 Å². The van der Waals surface area contributed by atoms with Crippen molar-refractivity contribution in [1.82, 2.24) is 0 Å². The SMILES string of the molecule is O=C(O)c1cccc(C(=O)O)c1.c1ccccc1.c1ccccc1. The standard InChI is InChI=1S/C8H6O4.2C6H6/c9-7(10)5-2-1-3-6(4-5)8(11)12;2*1-2-4-6-5-3-1/h1-4H,(H,9,10)(H,11,12);2*1-6H. The molecule has 0 aliphatic heterocycles. The summed E-state index contributed by atoms with van der Waals surface area (Å²) in [5.74, 6) is -2.25. The van der Waals surface area contributed by atoms with E-state index in [1.54, 1.807) is 0 Å². The van der Waals surface area contributed by atoms with Crippen LogP contribution in [0, 0.1) is 0 Å². The average Bonchev–Trinajstić information content (AvgIpc) is 2.65. The third-order valence-electron chi connectivity index (χ3n) is 2.69. The monoisotopic (exact) mass is 322 g/mol. The molecule has 4 nitrogen and oxygen atoms in total. The van der Waals surface area contributed by atoms with Crippen LogP contribution in [0.2, 0.25) is 0 Å². The molecule has 0 radical (unpaired) electrons. The molecule has 3 rings (SSSR count). The second kappa shape index (κ2) is 11.2. The summed E-state index contributed by atoms with van der Waals surface area (Å²) < 4.78 is 0. The molecule has 0 bridgehead atoms. The lowest BCUT2D eigenvalue weighted by Gasteiger charge is -1.95. The van der Waals surface area contributed by atoms with Gasteiger partial charge in [0.2, 0.25) is 0 Å². The van der Waals surface area contributed by atoms with Crippen molar-refractivity contribution in [1.29, 1.82) is 0 Å². The van der Waals surface area contributed by atoms with Crippen LogP contribution in [0.1, 0.15) is 20.7 Å². The molecule has 0 saturated heterocycles. The third kappa shape index (κ3) is 8.14. The lowest BCUT2D eigenvalue weighted by Crippen LogP contribution is -2.01. The lowest BCUT2D eigenvalue weighted by atomic mass is 10.1. The van der Waals surface area contributed by atoms with E-state index >= 15 is 0 Å². The first kappa shape index (κ1) is 18.6. The predicted molar refractivity (Wildman–Crippen MR) is 93.2 cm³/mol. The van der Waals surface area contributed by atoms with Gasteiger partial charge in [0.15, 0.2) is 0 Å². The summed E-state index contributed by atoms with van der Waals surface area (Å²) in [6.45, 7) is 0. The van der Waals surface area contributed by atoms with Crippen molar-refractivity contribution >= 4 is 11.9 Å². The summed E-state index contributed by atoms with van der Waals surface area (Å²) >= 11 is 0. The molecule has 0 aliphatic carbocycles. The molecule has 0 spiro atoms. The Kier molecular flexibility index (Phi) is 8.71. The highest BCUT2D eigenvalue weighted by Crippen LogP contribution is 2.04. The Bertz CT molecular complexity index is 611. The summed E-state index contributed by atoms with van der Waals surface area (Å²) in [5.41, 5.74) is -0.0372. The van der Waals surface area contributed by atoms with Gasteiger partial charge in [0, 0.05) is 0 Å². The maximum absolute atomic E-state index is 10.4. The summed E-state index contributed by atoms with van der Waals surface area (Å²) in [6, 6.07) is 29.2. The van der Waals surface area contributed by atoms with Gasteiger partial charge in [0.25, 0.3) is 0 Å². The lowest BCUT2D eigenvalue weighted by molar-refractivity contribution is 0.0696. The third-order valence-corrected chi connectivity index (χ3v) is 2.69. The Morgan fingerprint density at radius 1 is 0.500 bits per heavy atom. The molecule has 0 fully saturated rings. The molecule has 122 valence electrons. The van der Waals surface area contributed by atoms with Crippen LogP contribution in [0.25, 0.3) is 0 Å². The maximum Gasteiger partial charge on any atom is 0.335 e. The molecular formula is C20H18O4. The van der Waals surface area contributed by atoms with Crippen molar-refractivity contribution in [2.45, 2.75) is 0 Å². The Labute approximate surface area is 140 Å². The van der Waals surface area contributed by atoms with Crippen LogP contribution in [0.3, 0.4) is 0 Å². The van der Waals surface area contributed by atoms with Gasteiger partial charge >= 0.3 is 11.9 Å². The number of carbonyl (C=O) groups is 2. The summed E-state index contributed by atoms with van der Waals surface area (Å²) in [7, 11) is 0. The van der Waals surface area contributed by atoms with Gasteiger partial charge in [-0.15, -0.1) is 0 Å². The van der Waals surface area contributed by atoms with Gasteiger partial charge in [-0.25, -0.2) is 9.59 Å². The fourth-order valence-corrected chi connectivity index (χ4v) is 1.56. The van der Waals surface area contributed by atoms with Gasteiger partial charge in [0.1, 0.15) is 0 Å². The van der Waals surface area contributed by atoms with E-state index in [0.717, 1.165) is 6.07 Å². The second-order valence-electron chi connectivity index (χ2n) is 4.50. The number of hydrogen-bond acceptors (Lipinski definition) is 2. The molecule has 24 heavy (non-hydrogen) atoms. The van der Waals surface area contributed by atoms with Crippen LogP contribution in [-0.4, -0.2) is 22.2 Å². The highest BCUT2D eigenvalue weighted by atomic mass is 16.4. The summed E-state index contributed by atoms with van der Waals surface area (Å²) in [5, 5.41) is 17.0. The molecule has 0 aliphatic rings. The van der Waals surface area contributed by atoms with Crippen LogP contribution in [0.15, 0.2) is 97.1 Å². The van der Waals surface area contributed by atoms with E-state index in [4.69, 9.17) is 10.2 Å². The van der Waals surface area contributed by atoms with E-state index in [1.165, 1.54) is 18.2 Å². The number of carboxylic acids is 2. The van der Waals surface area contributed by atoms with E-state index in [1.807, 2.05) is 72.8 Å². The molecule has 0 amide bonds. The minimum atomic E-state index is -1.13. The smallest absolute Gasteiger partial charge is 0.335 e. The number of hydrogen-bond donors (Lipinski definition) is 2. The molecule has 3 aromatic carbocycles. The Morgan fingerprint density at radius 3 is 0.958 bits per heavy atom. The fraction of sp³-hybridized carbons (Fsp3) is 0. The molecule has 0 unspecified atom stereocenters. The van der Waals surface area contributed by atoms with Crippen molar-refractivity contribution in [3.63, 3.8) is 0 Å². The topological polar surface area (TPSA) is 74.6 Å². The maximum atomic E-state index is 10.4. The van der Waals surface area contributed by atoms with Crippen LogP contribution in [0.4, 0.5) is 0 Å². The number of benzene rings is 3. The Hall–Kier alpha value is -3.40. The summed E-state index contributed by atoms with van der Waals surface area (Å²) in [6.07, 6.45) is 0. The molecule has 2 N–H and O–H groups in total. The van der Waals surface area contributed by atoms with E-state index in [-0.39, 0.29) is 11.1 Å². The number of rotatable bonds is 2. The molecule has 0 saturated carbocycles. The van der Waals surface area contributed by atoms with Crippen LogP contribution >= 0.6 is 0 Å². The fourth-order valence-electron chi connectivity index (χ4n) is 1.56. The minimum Gasteiger partial charge on any atom is -0.478 e. The largest absolute Gasteiger partial charge is 0.478 e. The van der Waals surface area contributed by atoms with Gasteiger partial charge < -0.3 is 10.2 Å². The quantitative estimate of drug-likeness (QED) is 0.730. The number of aromatic carboxylic acids is 2. The van der Waals surface area contributed by atoms with Crippen molar-refractivity contribution in [2.75, 3.05) is 0 Å². The zero-order chi connectivity index (χ0) is 17.6. The number of carboxylic acid groups (broad SMARTS) is 2. The molecule has 0 aromatic heterocycles. The van der Waals surface area contributed by atoms with Crippen molar-refractivity contribution < 1.29 is 19.8 Å². The van der Waals surface area contributed by atoms with E-state index in [0.29, 0.717) is 0 Å². The van der Waals surface area contributed by atoms with E-state index in [9.17, 15) is 9.59 Å². The van der Waals surface area contributed by atoms with Crippen molar-refractivity contribution in [2.24, 2.45) is 0 Å². The molecular weight excluding hydrogens is 304 g/mol. The Morgan fingerprint density at radius 2 is 0.750 bits per heavy atom. The highest BCUT2D eigenvalue weighted by Gasteiger charge is 2.06. The molecule has 0 atom stereocenters.